The molecule has 0 bridgehead atoms. The highest BCUT2D eigenvalue weighted by Gasteiger charge is 2.15. The van der Waals surface area contributed by atoms with E-state index < -0.39 is 0 Å². The van der Waals surface area contributed by atoms with E-state index in [2.05, 4.69) is 10.2 Å². The number of carbonyl (C=O) groups excluding carboxylic acids is 1. The lowest BCUT2D eigenvalue weighted by Crippen LogP contribution is -2.29. The topological polar surface area (TPSA) is 32.3 Å². The van der Waals surface area contributed by atoms with Crippen LogP contribution >= 0.6 is 11.6 Å². The van der Waals surface area contributed by atoms with Gasteiger partial charge in [-0.2, -0.15) is 0 Å². The first-order valence-electron chi connectivity index (χ1n) is 5.40. The van der Waals surface area contributed by atoms with Crippen molar-refractivity contribution in [1.29, 1.82) is 0 Å². The Hall–Kier alpha value is -1.06. The second-order valence-corrected chi connectivity index (χ2v) is 4.48. The first-order chi connectivity index (χ1) is 7.66. The molecule has 0 radical (unpaired) electrons. The maximum atomic E-state index is 11.5. The molecule has 3 nitrogen and oxygen atoms in total. The summed E-state index contributed by atoms with van der Waals surface area (Å²) in [7, 11) is 0. The van der Waals surface area contributed by atoms with Crippen molar-refractivity contribution < 1.29 is 4.79 Å². The minimum Gasteiger partial charge on any atom is -0.363 e. The molecule has 1 fully saturated rings. The van der Waals surface area contributed by atoms with Crippen LogP contribution in [0.25, 0.3) is 0 Å². The molecule has 0 saturated carbocycles. The van der Waals surface area contributed by atoms with Crippen LogP contribution in [0, 0.1) is 6.92 Å². The Morgan fingerprint density at radius 2 is 2.25 bits per heavy atom. The van der Waals surface area contributed by atoms with Crippen LogP contribution in [0.2, 0.25) is 5.02 Å². The van der Waals surface area contributed by atoms with Crippen LogP contribution in [0.5, 0.6) is 0 Å². The van der Waals surface area contributed by atoms with Crippen molar-refractivity contribution in [3.8, 4) is 0 Å². The van der Waals surface area contributed by atoms with Crippen molar-refractivity contribution in [2.45, 2.75) is 6.92 Å². The lowest BCUT2D eigenvalue weighted by atomic mass is 10.2. The largest absolute Gasteiger partial charge is 0.363 e. The van der Waals surface area contributed by atoms with Gasteiger partial charge in [-0.1, -0.05) is 17.7 Å². The van der Waals surface area contributed by atoms with Gasteiger partial charge in [0.2, 0.25) is 0 Å². The number of ketones is 1. The third kappa shape index (κ3) is 2.54. The van der Waals surface area contributed by atoms with Gasteiger partial charge in [0.05, 0.1) is 13.1 Å². The molecule has 2 rings (SSSR count). The van der Waals surface area contributed by atoms with E-state index in [9.17, 15) is 4.79 Å². The Morgan fingerprint density at radius 1 is 1.44 bits per heavy atom. The van der Waals surface area contributed by atoms with Crippen molar-refractivity contribution in [3.63, 3.8) is 0 Å². The van der Waals surface area contributed by atoms with E-state index in [-0.39, 0.29) is 5.78 Å². The molecule has 1 saturated heterocycles. The second-order valence-electron chi connectivity index (χ2n) is 4.07. The fourth-order valence-electron chi connectivity index (χ4n) is 1.79. The summed E-state index contributed by atoms with van der Waals surface area (Å²) in [5.41, 5.74) is 2.08. The van der Waals surface area contributed by atoms with E-state index in [0.717, 1.165) is 29.4 Å². The maximum absolute atomic E-state index is 11.5. The highest BCUT2D eigenvalue weighted by Crippen LogP contribution is 2.23. The molecule has 0 aliphatic carbocycles. The summed E-state index contributed by atoms with van der Waals surface area (Å²) in [6, 6.07) is 5.93. The minimum atomic E-state index is 0.217. The predicted octanol–water partition coefficient (Wildman–Crippen LogP) is 1.63. The van der Waals surface area contributed by atoms with E-state index in [1.165, 1.54) is 0 Å². The summed E-state index contributed by atoms with van der Waals surface area (Å²) in [5, 5.41) is 3.85. The summed E-state index contributed by atoms with van der Waals surface area (Å²) < 4.78 is 0. The Balaban J connectivity index is 2.21. The molecule has 86 valence electrons. The molecular formula is C12H15ClN2O. The summed E-state index contributed by atoms with van der Waals surface area (Å²) in [5.74, 6) is 0.217. The van der Waals surface area contributed by atoms with Crippen molar-refractivity contribution in [1.82, 2.24) is 5.32 Å². The fraction of sp³-hybridized carbons (Fsp3) is 0.417. The molecule has 0 amide bonds. The zero-order valence-electron chi connectivity index (χ0n) is 9.29. The lowest BCUT2D eigenvalue weighted by molar-refractivity contribution is -0.116. The first-order valence-corrected chi connectivity index (χ1v) is 5.78. The van der Waals surface area contributed by atoms with Crippen LogP contribution in [0.4, 0.5) is 5.69 Å². The molecule has 4 heteroatoms. The van der Waals surface area contributed by atoms with E-state index >= 15 is 0 Å². The Morgan fingerprint density at radius 3 is 3.00 bits per heavy atom. The normalized spacial score (nSPS) is 17.4. The lowest BCUT2D eigenvalue weighted by Gasteiger charge is -2.22. The highest BCUT2D eigenvalue weighted by molar-refractivity contribution is 6.31. The number of carbonyl (C=O) groups is 1. The van der Waals surface area contributed by atoms with Crippen LogP contribution in [0.1, 0.15) is 5.56 Å². The molecule has 16 heavy (non-hydrogen) atoms. The zero-order valence-corrected chi connectivity index (χ0v) is 10.0. The zero-order chi connectivity index (χ0) is 11.5. The second kappa shape index (κ2) is 4.85. The molecule has 1 aromatic rings. The van der Waals surface area contributed by atoms with Gasteiger partial charge >= 0.3 is 0 Å². The van der Waals surface area contributed by atoms with Crippen LogP contribution in [-0.4, -0.2) is 32.0 Å². The number of aryl methyl sites for hydroxylation is 1. The predicted molar refractivity (Wildman–Crippen MR) is 66.3 cm³/mol. The smallest absolute Gasteiger partial charge is 0.165 e. The molecule has 1 aliphatic rings. The van der Waals surface area contributed by atoms with Gasteiger partial charge in [-0.05, 0) is 24.6 Å². The average molecular weight is 239 g/mol. The molecule has 0 atom stereocenters. The van der Waals surface area contributed by atoms with E-state index in [4.69, 9.17) is 11.6 Å². The van der Waals surface area contributed by atoms with E-state index in [0.29, 0.717) is 13.1 Å². The number of hydrogen-bond donors (Lipinski definition) is 1. The van der Waals surface area contributed by atoms with Gasteiger partial charge in [0.25, 0.3) is 0 Å². The number of nitrogens with zero attached hydrogens (tertiary/aromatic N) is 1. The Bertz CT molecular complexity index is 406. The fourth-order valence-corrected chi connectivity index (χ4v) is 1.96. The van der Waals surface area contributed by atoms with Gasteiger partial charge in [0, 0.05) is 23.8 Å². The monoisotopic (exact) mass is 238 g/mol. The van der Waals surface area contributed by atoms with Gasteiger partial charge in [-0.15, -0.1) is 0 Å². The van der Waals surface area contributed by atoms with Crippen molar-refractivity contribution in [2.75, 3.05) is 31.1 Å². The Kier molecular flexibility index (Phi) is 3.46. The van der Waals surface area contributed by atoms with Crippen molar-refractivity contribution >= 4 is 23.1 Å². The molecule has 0 unspecified atom stereocenters. The summed E-state index contributed by atoms with van der Waals surface area (Å²) in [4.78, 5) is 13.5. The van der Waals surface area contributed by atoms with E-state index in [1.54, 1.807) is 0 Å². The minimum absolute atomic E-state index is 0.217. The van der Waals surface area contributed by atoms with Crippen molar-refractivity contribution in [2.24, 2.45) is 0 Å². The van der Waals surface area contributed by atoms with Crippen LogP contribution < -0.4 is 10.2 Å². The number of benzene rings is 1. The Labute approximate surface area is 100 Å². The third-order valence-electron chi connectivity index (χ3n) is 2.77. The third-order valence-corrected chi connectivity index (χ3v) is 3.18. The van der Waals surface area contributed by atoms with Gasteiger partial charge in [0.1, 0.15) is 0 Å². The SMILES string of the molecule is Cc1ccc(N2CCNCC(=O)C2)cc1Cl. The summed E-state index contributed by atoms with van der Waals surface area (Å²) in [6.45, 7) is 4.58. The summed E-state index contributed by atoms with van der Waals surface area (Å²) >= 11 is 6.08. The molecule has 1 aliphatic heterocycles. The first kappa shape index (κ1) is 11.4. The van der Waals surface area contributed by atoms with Gasteiger partial charge in [-0.25, -0.2) is 0 Å². The molecule has 0 spiro atoms. The molecule has 0 aromatic heterocycles. The molecule has 1 N–H and O–H groups in total. The number of halogens is 1. The number of rotatable bonds is 1. The molecule has 1 heterocycles. The quantitative estimate of drug-likeness (QED) is 0.807. The van der Waals surface area contributed by atoms with Gasteiger partial charge in [-0.3, -0.25) is 4.79 Å². The highest BCUT2D eigenvalue weighted by atomic mass is 35.5. The maximum Gasteiger partial charge on any atom is 0.165 e. The van der Waals surface area contributed by atoms with Crippen LogP contribution in [0.3, 0.4) is 0 Å². The van der Waals surface area contributed by atoms with E-state index in [1.807, 2.05) is 25.1 Å². The van der Waals surface area contributed by atoms with Crippen LogP contribution in [-0.2, 0) is 4.79 Å². The number of hydrogen-bond acceptors (Lipinski definition) is 3. The van der Waals surface area contributed by atoms with Crippen molar-refractivity contribution in [3.05, 3.63) is 28.8 Å². The number of nitrogens with one attached hydrogen (secondary N) is 1. The van der Waals surface area contributed by atoms with Crippen LogP contribution in [0.15, 0.2) is 18.2 Å². The number of anilines is 1. The number of Topliss-reactive ketones (excluding diaryl/α,β-unsaturated/α-hetero) is 1. The standard InChI is InChI=1S/C12H15ClN2O/c1-9-2-3-10(6-12(9)13)15-5-4-14-7-11(16)8-15/h2-3,6,14H,4-5,7-8H2,1H3. The molecule has 1 aromatic carbocycles. The van der Waals surface area contributed by atoms with Gasteiger partial charge < -0.3 is 10.2 Å². The molecular weight excluding hydrogens is 224 g/mol. The van der Waals surface area contributed by atoms with Gasteiger partial charge in [0.15, 0.2) is 5.78 Å². The average Bonchev–Trinajstić information content (AvgIpc) is 2.47. The summed E-state index contributed by atoms with van der Waals surface area (Å²) in [6.07, 6.45) is 0.